The van der Waals surface area contributed by atoms with Gasteiger partial charge in [0.2, 0.25) is 20.0 Å². The third-order valence-corrected chi connectivity index (χ3v) is 3.66. The molecule has 8 heteroatoms. The molecule has 0 unspecified atom stereocenters. The summed E-state index contributed by atoms with van der Waals surface area (Å²) in [5, 5.41) is 1.61. The van der Waals surface area contributed by atoms with Gasteiger partial charge >= 0.3 is 0 Å². The second-order valence-electron chi connectivity index (χ2n) is 4.49. The molecule has 0 fully saturated rings. The molecule has 0 saturated carbocycles. The summed E-state index contributed by atoms with van der Waals surface area (Å²) in [5.41, 5.74) is 0.383. The number of anilines is 2. The molecule has 0 bridgehead atoms. The Kier molecular flexibility index (Phi) is 3.61. The van der Waals surface area contributed by atoms with Crippen LogP contribution in [0.3, 0.4) is 0 Å². The third-order valence-electron chi connectivity index (χ3n) is 2.48. The maximum atomic E-state index is 11.4. The van der Waals surface area contributed by atoms with Gasteiger partial charge in [-0.3, -0.25) is 9.44 Å². The number of fused-ring (bicyclic) bond motifs is 1. The van der Waals surface area contributed by atoms with Gasteiger partial charge in [-0.2, -0.15) is 0 Å². The smallest absolute Gasteiger partial charge is 0.229 e. The van der Waals surface area contributed by atoms with Gasteiger partial charge < -0.3 is 0 Å². The molecule has 2 rings (SSSR count). The Morgan fingerprint density at radius 3 is 1.40 bits per heavy atom. The first kappa shape index (κ1) is 14.6. The molecule has 0 radical (unpaired) electrons. The Hall–Kier alpha value is -1.80. The molecule has 0 aliphatic carbocycles. The molecule has 2 N–H and O–H groups in total. The zero-order chi connectivity index (χ0) is 15.0. The van der Waals surface area contributed by atoms with Crippen LogP contribution in [0.15, 0.2) is 36.4 Å². The lowest BCUT2D eigenvalue weighted by atomic mass is 10.1. The van der Waals surface area contributed by atoms with E-state index in [-0.39, 0.29) is 11.4 Å². The van der Waals surface area contributed by atoms with Crippen molar-refractivity contribution < 1.29 is 16.8 Å². The molecule has 0 aliphatic heterocycles. The van der Waals surface area contributed by atoms with E-state index in [1.54, 1.807) is 12.1 Å². The predicted octanol–water partition coefficient (Wildman–Crippen LogP) is 1.58. The van der Waals surface area contributed by atoms with Gasteiger partial charge in [-0.25, -0.2) is 16.8 Å². The third kappa shape index (κ3) is 3.84. The number of rotatable bonds is 4. The Labute approximate surface area is 117 Å². The summed E-state index contributed by atoms with van der Waals surface area (Å²) in [7, 11) is -7.02. The summed E-state index contributed by atoms with van der Waals surface area (Å²) in [5.74, 6) is 0. The van der Waals surface area contributed by atoms with Gasteiger partial charge in [0.05, 0.1) is 23.9 Å². The van der Waals surface area contributed by atoms with Crippen LogP contribution in [-0.4, -0.2) is 29.3 Å². The maximum absolute atomic E-state index is 11.4. The van der Waals surface area contributed by atoms with Crippen LogP contribution in [-0.2, 0) is 20.0 Å². The monoisotopic (exact) mass is 314 g/mol. The van der Waals surface area contributed by atoms with Crippen LogP contribution in [0.25, 0.3) is 10.8 Å². The van der Waals surface area contributed by atoms with Gasteiger partial charge in [0.1, 0.15) is 0 Å². The minimum atomic E-state index is -3.51. The molecule has 0 aliphatic rings. The van der Waals surface area contributed by atoms with Crippen molar-refractivity contribution in [3.63, 3.8) is 0 Å². The lowest BCUT2D eigenvalue weighted by molar-refractivity contribution is 0.604. The van der Waals surface area contributed by atoms with Crippen molar-refractivity contribution in [1.29, 1.82) is 0 Å². The second kappa shape index (κ2) is 4.95. The van der Waals surface area contributed by atoms with Crippen LogP contribution in [0.2, 0.25) is 0 Å². The molecule has 0 aromatic heterocycles. The maximum Gasteiger partial charge on any atom is 0.229 e. The molecular formula is C12H14N2O4S2. The van der Waals surface area contributed by atoms with E-state index in [4.69, 9.17) is 0 Å². The Bertz CT molecular complexity index is 786. The van der Waals surface area contributed by atoms with Crippen LogP contribution in [0.5, 0.6) is 0 Å². The van der Waals surface area contributed by atoms with E-state index < -0.39 is 20.0 Å². The van der Waals surface area contributed by atoms with Crippen molar-refractivity contribution in [1.82, 2.24) is 0 Å². The number of benzene rings is 2. The zero-order valence-electron chi connectivity index (χ0n) is 10.9. The summed E-state index contributed by atoms with van der Waals surface area (Å²) in [4.78, 5) is 0. The normalized spacial score (nSPS) is 12.3. The fourth-order valence-electron chi connectivity index (χ4n) is 1.81. The Morgan fingerprint density at radius 1 is 0.750 bits per heavy atom. The average molecular weight is 314 g/mol. The van der Waals surface area contributed by atoms with E-state index in [9.17, 15) is 16.8 Å². The van der Waals surface area contributed by atoms with Crippen molar-refractivity contribution in [2.24, 2.45) is 0 Å². The molecular weight excluding hydrogens is 300 g/mol. The van der Waals surface area contributed by atoms with Gasteiger partial charge in [0, 0.05) is 0 Å². The van der Waals surface area contributed by atoms with Crippen molar-refractivity contribution in [3.8, 4) is 0 Å². The highest BCUT2D eigenvalue weighted by Gasteiger charge is 2.12. The van der Waals surface area contributed by atoms with Gasteiger partial charge in [0.25, 0.3) is 0 Å². The van der Waals surface area contributed by atoms with E-state index in [0.29, 0.717) is 0 Å². The zero-order valence-corrected chi connectivity index (χ0v) is 12.5. The summed E-state index contributed by atoms with van der Waals surface area (Å²) >= 11 is 0. The highest BCUT2D eigenvalue weighted by atomic mass is 32.2. The first-order valence-corrected chi connectivity index (χ1v) is 9.41. The first-order valence-electron chi connectivity index (χ1n) is 5.62. The minimum absolute atomic E-state index is 0.191. The van der Waals surface area contributed by atoms with Gasteiger partial charge in [0.15, 0.2) is 0 Å². The number of sulfonamides is 2. The van der Waals surface area contributed by atoms with E-state index in [0.717, 1.165) is 23.3 Å². The van der Waals surface area contributed by atoms with Crippen LogP contribution in [0.4, 0.5) is 11.4 Å². The van der Waals surface area contributed by atoms with E-state index in [2.05, 4.69) is 9.44 Å². The lowest BCUT2D eigenvalue weighted by Crippen LogP contribution is -2.15. The molecule has 0 saturated heterocycles. The molecule has 0 spiro atoms. The van der Waals surface area contributed by atoms with Gasteiger partial charge in [-0.1, -0.05) is 24.3 Å². The average Bonchev–Trinajstić information content (AvgIpc) is 2.26. The van der Waals surface area contributed by atoms with Crippen molar-refractivity contribution in [2.75, 3.05) is 22.0 Å². The molecule has 0 atom stereocenters. The number of nitrogens with one attached hydrogen (secondary N) is 2. The van der Waals surface area contributed by atoms with Gasteiger partial charge in [-0.15, -0.1) is 0 Å². The van der Waals surface area contributed by atoms with E-state index in [1.165, 1.54) is 0 Å². The largest absolute Gasteiger partial charge is 0.282 e. The van der Waals surface area contributed by atoms with Crippen LogP contribution in [0, 0.1) is 0 Å². The molecule has 108 valence electrons. The topological polar surface area (TPSA) is 92.3 Å². The number of hydrogen-bond donors (Lipinski definition) is 2. The van der Waals surface area contributed by atoms with Crippen molar-refractivity contribution in [3.05, 3.63) is 36.4 Å². The molecule has 20 heavy (non-hydrogen) atoms. The standard InChI is InChI=1S/C12H14N2O4S2/c1-19(15,16)13-11-7-9-5-3-4-6-10(9)8-12(11)14-20(2,17)18/h3-8,13-14H,1-2H3. The highest BCUT2D eigenvalue weighted by Crippen LogP contribution is 2.29. The fraction of sp³-hybridized carbons (Fsp3) is 0.167. The molecule has 2 aromatic rings. The molecule has 6 nitrogen and oxygen atoms in total. The van der Waals surface area contributed by atoms with E-state index >= 15 is 0 Å². The van der Waals surface area contributed by atoms with Crippen LogP contribution < -0.4 is 9.44 Å². The van der Waals surface area contributed by atoms with Gasteiger partial charge in [-0.05, 0) is 22.9 Å². The Balaban J connectivity index is 2.64. The summed E-state index contributed by atoms with van der Waals surface area (Å²) in [6.45, 7) is 0. The van der Waals surface area contributed by atoms with Crippen molar-refractivity contribution in [2.45, 2.75) is 0 Å². The fourth-order valence-corrected chi connectivity index (χ4v) is 2.95. The Morgan fingerprint density at radius 2 is 1.10 bits per heavy atom. The summed E-state index contributed by atoms with van der Waals surface area (Å²) in [6.07, 6.45) is 2.01. The predicted molar refractivity (Wildman–Crippen MR) is 80.9 cm³/mol. The molecule has 0 amide bonds. The lowest BCUT2D eigenvalue weighted by Gasteiger charge is -2.13. The number of hydrogen-bond acceptors (Lipinski definition) is 4. The van der Waals surface area contributed by atoms with E-state index in [1.807, 2.05) is 24.3 Å². The summed E-state index contributed by atoms with van der Waals surface area (Å²) in [6, 6.07) is 10.4. The summed E-state index contributed by atoms with van der Waals surface area (Å²) < 4.78 is 50.1. The quantitative estimate of drug-likeness (QED) is 0.896. The first-order chi connectivity index (χ1) is 9.14. The SMILES string of the molecule is CS(=O)(=O)Nc1cc2ccccc2cc1NS(C)(=O)=O. The minimum Gasteiger partial charge on any atom is -0.282 e. The van der Waals surface area contributed by atoms with Crippen LogP contribution >= 0.6 is 0 Å². The molecule has 0 heterocycles. The van der Waals surface area contributed by atoms with Crippen LogP contribution in [0.1, 0.15) is 0 Å². The second-order valence-corrected chi connectivity index (χ2v) is 7.99. The highest BCUT2D eigenvalue weighted by molar-refractivity contribution is 7.92. The molecule has 2 aromatic carbocycles. The van der Waals surface area contributed by atoms with Crippen molar-refractivity contribution >= 4 is 42.2 Å².